The molecule has 8 fully saturated rings. The minimum atomic E-state index is -0.958. The summed E-state index contributed by atoms with van der Waals surface area (Å²) in [7, 11) is 0. The number of hydrogen-bond donors (Lipinski definition) is 2. The fraction of sp³-hybridized carbons (Fsp3) is 0.500. The molecule has 8 aliphatic carbocycles. The third-order valence-corrected chi connectivity index (χ3v) is 13.4. The van der Waals surface area contributed by atoms with Gasteiger partial charge in [0.05, 0.1) is 11.1 Å². The first-order valence-electron chi connectivity index (χ1n) is 17.4. The summed E-state index contributed by atoms with van der Waals surface area (Å²) in [6.45, 7) is 0. The van der Waals surface area contributed by atoms with Crippen LogP contribution in [0, 0.1) is 40.4 Å². The summed E-state index contributed by atoms with van der Waals surface area (Å²) in [5, 5.41) is 18.9. The van der Waals surface area contributed by atoms with Crippen LogP contribution in [0.25, 0.3) is 0 Å². The molecule has 46 heavy (non-hydrogen) atoms. The molecule has 2 atom stereocenters. The molecule has 0 spiro atoms. The van der Waals surface area contributed by atoms with E-state index in [1.165, 1.54) is 64.2 Å². The molecule has 0 heterocycles. The lowest BCUT2D eigenvalue weighted by molar-refractivity contribution is -0.206. The molecule has 8 bridgehead atoms. The molecule has 238 valence electrons. The lowest BCUT2D eigenvalue weighted by Gasteiger charge is -2.72. The Balaban J connectivity index is 1.15. The highest BCUT2D eigenvalue weighted by Crippen LogP contribution is 2.77. The fourth-order valence-electron chi connectivity index (χ4n) is 12.7. The van der Waals surface area contributed by atoms with Gasteiger partial charge in [-0.2, -0.15) is 0 Å². The van der Waals surface area contributed by atoms with Crippen molar-refractivity contribution in [3.05, 3.63) is 83.4 Å². The van der Waals surface area contributed by atoms with Gasteiger partial charge in [0.2, 0.25) is 0 Å². The van der Waals surface area contributed by atoms with Gasteiger partial charge in [-0.1, -0.05) is 6.07 Å². The van der Waals surface area contributed by atoms with Crippen molar-refractivity contribution in [1.29, 1.82) is 0 Å². The van der Waals surface area contributed by atoms with Crippen molar-refractivity contribution >= 4 is 11.9 Å². The van der Waals surface area contributed by atoms with E-state index in [1.54, 1.807) is 48.5 Å². The summed E-state index contributed by atoms with van der Waals surface area (Å²) in [5.74, 6) is 5.05. The Morgan fingerprint density at radius 1 is 0.543 bits per heavy atom. The number of ether oxygens (including phenoxy) is 2. The molecular formula is C40H42O6. The molecule has 11 rings (SSSR count). The third-order valence-electron chi connectivity index (χ3n) is 13.4. The maximum absolute atomic E-state index is 11.5. The van der Waals surface area contributed by atoms with Gasteiger partial charge in [0.25, 0.3) is 0 Å². The van der Waals surface area contributed by atoms with Gasteiger partial charge in [0.15, 0.2) is 0 Å². The minimum Gasteiger partial charge on any atom is -0.478 e. The van der Waals surface area contributed by atoms with Crippen LogP contribution in [-0.4, -0.2) is 22.2 Å². The summed E-state index contributed by atoms with van der Waals surface area (Å²) >= 11 is 0. The highest BCUT2D eigenvalue weighted by atomic mass is 16.5. The second-order valence-corrected chi connectivity index (χ2v) is 16.2. The van der Waals surface area contributed by atoms with E-state index in [9.17, 15) is 19.8 Å². The summed E-state index contributed by atoms with van der Waals surface area (Å²) in [5.41, 5.74) is 2.37. The second-order valence-electron chi connectivity index (χ2n) is 16.2. The average molecular weight is 619 g/mol. The molecule has 6 nitrogen and oxygen atoms in total. The SMILES string of the molecule is O=C(O)c1ccc(Oc2cccc(Oc3ccc(C(=O)O)cc3)c2C23CC4CC(C2)CC(C25CC6CC(CC(C6)C2)C5)(C4)C3)cc1. The predicted molar refractivity (Wildman–Crippen MR) is 173 cm³/mol. The first-order chi connectivity index (χ1) is 22.2. The first-order valence-corrected chi connectivity index (χ1v) is 17.4. The standard InChI is InChI=1S/C40H42O6/c41-36(42)29-4-8-31(9-5-29)45-33-2-1-3-34(46-32-10-6-30(7-11-32)37(43)44)35(33)38-16-27-15-28(17-38)22-40(21-27,23-38)39-18-24-12-25(19-39)14-26(13-24)20-39/h1-11,24-28H,12-23H2,(H,41,42)(H,43,44). The van der Waals surface area contributed by atoms with Crippen molar-refractivity contribution in [2.24, 2.45) is 40.4 Å². The van der Waals surface area contributed by atoms with E-state index >= 15 is 0 Å². The molecule has 0 radical (unpaired) electrons. The summed E-state index contributed by atoms with van der Waals surface area (Å²) in [4.78, 5) is 23.1. The van der Waals surface area contributed by atoms with Gasteiger partial charge < -0.3 is 19.7 Å². The zero-order chi connectivity index (χ0) is 31.3. The van der Waals surface area contributed by atoms with Gasteiger partial charge in [-0.05, 0) is 178 Å². The molecule has 0 aromatic heterocycles. The lowest BCUT2D eigenvalue weighted by Crippen LogP contribution is -2.63. The number of aromatic carboxylic acids is 2. The van der Waals surface area contributed by atoms with Crippen molar-refractivity contribution in [2.75, 3.05) is 0 Å². The Kier molecular flexibility index (Phi) is 6.24. The largest absolute Gasteiger partial charge is 0.478 e. The number of hydrogen-bond acceptors (Lipinski definition) is 4. The van der Waals surface area contributed by atoms with Crippen molar-refractivity contribution in [1.82, 2.24) is 0 Å². The van der Waals surface area contributed by atoms with Crippen molar-refractivity contribution < 1.29 is 29.3 Å². The van der Waals surface area contributed by atoms with Crippen LogP contribution in [0.1, 0.15) is 103 Å². The Labute approximate surface area is 270 Å². The maximum Gasteiger partial charge on any atom is 0.335 e. The van der Waals surface area contributed by atoms with Crippen LogP contribution >= 0.6 is 0 Å². The molecule has 2 unspecified atom stereocenters. The highest BCUT2D eigenvalue weighted by Gasteiger charge is 2.68. The Morgan fingerprint density at radius 3 is 1.39 bits per heavy atom. The van der Waals surface area contributed by atoms with Crippen molar-refractivity contribution in [3.63, 3.8) is 0 Å². The monoisotopic (exact) mass is 618 g/mol. The van der Waals surface area contributed by atoms with Crippen molar-refractivity contribution in [3.8, 4) is 23.0 Å². The number of rotatable bonds is 8. The van der Waals surface area contributed by atoms with Gasteiger partial charge in [0.1, 0.15) is 23.0 Å². The molecule has 3 aromatic rings. The second kappa shape index (κ2) is 10.1. The summed E-state index contributed by atoms with van der Waals surface area (Å²) in [6, 6.07) is 19.4. The predicted octanol–water partition coefficient (Wildman–Crippen LogP) is 9.72. The van der Waals surface area contributed by atoms with Gasteiger partial charge in [-0.3, -0.25) is 0 Å². The van der Waals surface area contributed by atoms with E-state index in [-0.39, 0.29) is 16.5 Å². The van der Waals surface area contributed by atoms with Crippen LogP contribution in [0.2, 0.25) is 0 Å². The fourth-order valence-corrected chi connectivity index (χ4v) is 12.7. The summed E-state index contributed by atoms with van der Waals surface area (Å²) in [6.07, 6.45) is 16.2. The van der Waals surface area contributed by atoms with Crippen LogP contribution in [-0.2, 0) is 5.41 Å². The molecule has 0 amide bonds. The maximum atomic E-state index is 11.5. The molecule has 0 saturated heterocycles. The molecule has 3 aromatic carbocycles. The molecular weight excluding hydrogens is 576 g/mol. The normalized spacial score (nSPS) is 36.5. The van der Waals surface area contributed by atoms with E-state index < -0.39 is 11.9 Å². The quantitative estimate of drug-likeness (QED) is 0.261. The minimum absolute atomic E-state index is 0.0681. The van der Waals surface area contributed by atoms with Gasteiger partial charge >= 0.3 is 11.9 Å². The van der Waals surface area contributed by atoms with Crippen LogP contribution in [0.5, 0.6) is 23.0 Å². The van der Waals surface area contributed by atoms with Gasteiger partial charge in [-0.15, -0.1) is 0 Å². The van der Waals surface area contributed by atoms with E-state index in [0.29, 0.717) is 34.2 Å². The lowest BCUT2D eigenvalue weighted by atomic mass is 9.32. The van der Waals surface area contributed by atoms with Crippen LogP contribution in [0.3, 0.4) is 0 Å². The van der Waals surface area contributed by atoms with Gasteiger partial charge in [0, 0.05) is 11.0 Å². The van der Waals surface area contributed by atoms with E-state index in [0.717, 1.165) is 47.7 Å². The number of benzene rings is 3. The number of carbonyl (C=O) groups is 2. The smallest absolute Gasteiger partial charge is 0.335 e. The Morgan fingerprint density at radius 2 is 0.957 bits per heavy atom. The van der Waals surface area contributed by atoms with Crippen molar-refractivity contribution in [2.45, 2.75) is 82.5 Å². The Hall–Kier alpha value is -3.80. The van der Waals surface area contributed by atoms with Crippen LogP contribution in [0.4, 0.5) is 0 Å². The van der Waals surface area contributed by atoms with Gasteiger partial charge in [-0.25, -0.2) is 9.59 Å². The highest BCUT2D eigenvalue weighted by molar-refractivity contribution is 5.88. The topological polar surface area (TPSA) is 93.1 Å². The number of carboxylic acid groups (broad SMARTS) is 2. The Bertz CT molecular complexity index is 1580. The van der Waals surface area contributed by atoms with E-state index in [2.05, 4.69) is 12.1 Å². The first kappa shape index (κ1) is 28.4. The van der Waals surface area contributed by atoms with Crippen LogP contribution < -0.4 is 9.47 Å². The molecule has 0 aliphatic heterocycles. The van der Waals surface area contributed by atoms with E-state index in [1.807, 2.05) is 6.07 Å². The zero-order valence-electron chi connectivity index (χ0n) is 26.3. The third kappa shape index (κ3) is 4.42. The molecule has 6 heteroatoms. The zero-order valence-corrected chi connectivity index (χ0v) is 26.3. The van der Waals surface area contributed by atoms with E-state index in [4.69, 9.17) is 9.47 Å². The number of carboxylic acids is 2. The average Bonchev–Trinajstić information content (AvgIpc) is 3.00. The van der Waals surface area contributed by atoms with Crippen LogP contribution in [0.15, 0.2) is 66.7 Å². The molecule has 8 aliphatic rings. The summed E-state index contributed by atoms with van der Waals surface area (Å²) < 4.78 is 13.4. The molecule has 8 saturated carbocycles. The molecule has 2 N–H and O–H groups in total.